The zero-order chi connectivity index (χ0) is 16.5. The smallest absolute Gasteiger partial charge is 0.242 e. The molecular weight excluding hydrogens is 328 g/mol. The van der Waals surface area contributed by atoms with Gasteiger partial charge in [0.1, 0.15) is 0 Å². The zero-order valence-electron chi connectivity index (χ0n) is 12.3. The molecule has 22 heavy (non-hydrogen) atoms. The van der Waals surface area contributed by atoms with Gasteiger partial charge in [-0.05, 0) is 30.2 Å². The Morgan fingerprint density at radius 2 is 1.82 bits per heavy atom. The minimum atomic E-state index is -3.64. The Balaban J connectivity index is 2.26. The SMILES string of the molecule is CC(C)CNS(=O)(=O)c1ccc(N2C(=O)CCS2(=O)=O)cc1. The predicted molar refractivity (Wildman–Crippen MR) is 82.4 cm³/mol. The van der Waals surface area contributed by atoms with Crippen molar-refractivity contribution in [1.82, 2.24) is 4.72 Å². The van der Waals surface area contributed by atoms with Crippen molar-refractivity contribution in [3.05, 3.63) is 24.3 Å². The van der Waals surface area contributed by atoms with Gasteiger partial charge >= 0.3 is 0 Å². The van der Waals surface area contributed by atoms with Crippen molar-refractivity contribution in [2.45, 2.75) is 25.2 Å². The van der Waals surface area contributed by atoms with Gasteiger partial charge in [-0.15, -0.1) is 0 Å². The number of nitrogens with zero attached hydrogens (tertiary/aromatic N) is 1. The first kappa shape index (κ1) is 16.9. The van der Waals surface area contributed by atoms with Crippen LogP contribution in [0.15, 0.2) is 29.2 Å². The second-order valence-electron chi connectivity index (χ2n) is 5.46. The van der Waals surface area contributed by atoms with Gasteiger partial charge < -0.3 is 0 Å². The molecule has 0 unspecified atom stereocenters. The van der Waals surface area contributed by atoms with Gasteiger partial charge in [0.05, 0.1) is 16.3 Å². The van der Waals surface area contributed by atoms with Crippen LogP contribution in [-0.4, -0.2) is 35.0 Å². The van der Waals surface area contributed by atoms with E-state index < -0.39 is 26.0 Å². The molecule has 1 aromatic carbocycles. The van der Waals surface area contributed by atoms with E-state index in [0.29, 0.717) is 6.54 Å². The third-order valence-corrected chi connectivity index (χ3v) is 6.27. The zero-order valence-corrected chi connectivity index (χ0v) is 13.9. The van der Waals surface area contributed by atoms with E-state index in [0.717, 1.165) is 4.31 Å². The topological polar surface area (TPSA) is 101 Å². The summed E-state index contributed by atoms with van der Waals surface area (Å²) in [6, 6.07) is 5.23. The number of nitrogens with one attached hydrogen (secondary N) is 1. The largest absolute Gasteiger partial charge is 0.273 e. The van der Waals surface area contributed by atoms with E-state index in [1.165, 1.54) is 24.3 Å². The van der Waals surface area contributed by atoms with Crippen LogP contribution in [0.1, 0.15) is 20.3 Å². The lowest BCUT2D eigenvalue weighted by atomic mass is 10.2. The fourth-order valence-corrected chi connectivity index (χ4v) is 4.66. The van der Waals surface area contributed by atoms with Crippen molar-refractivity contribution >= 4 is 31.6 Å². The first-order chi connectivity index (χ1) is 10.1. The summed E-state index contributed by atoms with van der Waals surface area (Å²) in [5.74, 6) is -0.558. The number of hydrogen-bond acceptors (Lipinski definition) is 5. The van der Waals surface area contributed by atoms with Crippen molar-refractivity contribution in [3.63, 3.8) is 0 Å². The highest BCUT2D eigenvalue weighted by Crippen LogP contribution is 2.26. The van der Waals surface area contributed by atoms with Crippen LogP contribution in [0.2, 0.25) is 0 Å². The third kappa shape index (κ3) is 3.47. The maximum Gasteiger partial charge on any atom is 0.242 e. The summed E-state index contributed by atoms with van der Waals surface area (Å²) in [7, 11) is -7.28. The normalized spacial score (nSPS) is 18.1. The third-order valence-electron chi connectivity index (χ3n) is 3.14. The van der Waals surface area contributed by atoms with E-state index in [2.05, 4.69) is 4.72 Å². The molecule has 9 heteroatoms. The predicted octanol–water partition coefficient (Wildman–Crippen LogP) is 0.687. The van der Waals surface area contributed by atoms with Crippen LogP contribution in [0.25, 0.3) is 0 Å². The molecule has 122 valence electrons. The molecule has 0 aliphatic carbocycles. The van der Waals surface area contributed by atoms with Gasteiger partial charge in [-0.3, -0.25) is 4.79 Å². The van der Waals surface area contributed by atoms with Gasteiger partial charge in [-0.2, -0.15) is 0 Å². The highest BCUT2D eigenvalue weighted by Gasteiger charge is 2.36. The molecule has 1 fully saturated rings. The van der Waals surface area contributed by atoms with Crippen molar-refractivity contribution in [1.29, 1.82) is 0 Å². The Kier molecular flexibility index (Phi) is 4.59. The molecule has 7 nitrogen and oxygen atoms in total. The van der Waals surface area contributed by atoms with Crippen LogP contribution in [-0.2, 0) is 24.8 Å². The standard InChI is InChI=1S/C13H18N2O5S2/c1-10(2)9-14-22(19,20)12-5-3-11(4-6-12)15-13(16)7-8-21(15,17)18/h3-6,10,14H,7-9H2,1-2H3. The number of hydrogen-bond donors (Lipinski definition) is 1. The van der Waals surface area contributed by atoms with Gasteiger partial charge in [-0.1, -0.05) is 13.8 Å². The molecule has 1 aromatic rings. The lowest BCUT2D eigenvalue weighted by molar-refractivity contribution is -0.116. The molecule has 0 bridgehead atoms. The average Bonchev–Trinajstić information content (AvgIpc) is 2.71. The Bertz CT molecular complexity index is 767. The molecular formula is C13H18N2O5S2. The second-order valence-corrected chi connectivity index (χ2v) is 9.17. The number of carbonyl (C=O) groups excluding carboxylic acids is 1. The summed E-state index contributed by atoms with van der Waals surface area (Å²) in [5.41, 5.74) is 0.158. The average molecular weight is 346 g/mol. The van der Waals surface area contributed by atoms with Crippen molar-refractivity contribution in [3.8, 4) is 0 Å². The summed E-state index contributed by atoms with van der Waals surface area (Å²) in [6.07, 6.45) is -0.0572. The summed E-state index contributed by atoms with van der Waals surface area (Å²) in [6.45, 7) is 4.08. The molecule has 1 aliphatic rings. The molecule has 0 aromatic heterocycles. The molecule has 2 rings (SSSR count). The second kappa shape index (κ2) is 5.98. The van der Waals surface area contributed by atoms with Gasteiger partial charge in [0.25, 0.3) is 0 Å². The molecule has 1 amide bonds. The Morgan fingerprint density at radius 1 is 1.23 bits per heavy atom. The quantitative estimate of drug-likeness (QED) is 0.845. The summed E-state index contributed by atoms with van der Waals surface area (Å²) in [4.78, 5) is 11.7. The summed E-state index contributed by atoms with van der Waals surface area (Å²) in [5, 5.41) is 0. The number of sulfonamides is 2. The number of anilines is 1. The Hall–Kier alpha value is -1.45. The number of benzene rings is 1. The molecule has 0 spiro atoms. The van der Waals surface area contributed by atoms with E-state index in [1.807, 2.05) is 13.8 Å². The van der Waals surface area contributed by atoms with E-state index in [1.54, 1.807) is 0 Å². The van der Waals surface area contributed by atoms with Crippen LogP contribution in [0.5, 0.6) is 0 Å². The molecule has 0 radical (unpaired) electrons. The molecule has 1 aliphatic heterocycles. The van der Waals surface area contributed by atoms with Crippen molar-refractivity contribution in [2.24, 2.45) is 5.92 Å². The van der Waals surface area contributed by atoms with Crippen molar-refractivity contribution < 1.29 is 21.6 Å². The number of rotatable bonds is 5. The number of amides is 1. The molecule has 1 saturated heterocycles. The fourth-order valence-electron chi connectivity index (χ4n) is 1.99. The van der Waals surface area contributed by atoms with Gasteiger partial charge in [-0.25, -0.2) is 25.9 Å². The van der Waals surface area contributed by atoms with E-state index in [9.17, 15) is 21.6 Å². The van der Waals surface area contributed by atoms with E-state index in [-0.39, 0.29) is 28.7 Å². The van der Waals surface area contributed by atoms with E-state index in [4.69, 9.17) is 0 Å². The Morgan fingerprint density at radius 3 is 2.27 bits per heavy atom. The van der Waals surface area contributed by atoms with Gasteiger partial charge in [0, 0.05) is 13.0 Å². The first-order valence-corrected chi connectivity index (χ1v) is 9.88. The molecule has 1 heterocycles. The van der Waals surface area contributed by atoms with E-state index >= 15 is 0 Å². The highest BCUT2D eigenvalue weighted by molar-refractivity contribution is 7.94. The lowest BCUT2D eigenvalue weighted by Crippen LogP contribution is -2.29. The molecule has 0 atom stereocenters. The highest BCUT2D eigenvalue weighted by atomic mass is 32.2. The number of carbonyl (C=O) groups is 1. The van der Waals surface area contributed by atoms with Gasteiger partial charge in [0.2, 0.25) is 26.0 Å². The summed E-state index contributed by atoms with van der Waals surface area (Å²) < 4.78 is 50.9. The first-order valence-electron chi connectivity index (χ1n) is 6.79. The monoisotopic (exact) mass is 346 g/mol. The summed E-state index contributed by atoms with van der Waals surface area (Å²) >= 11 is 0. The van der Waals surface area contributed by atoms with Crippen molar-refractivity contribution in [2.75, 3.05) is 16.6 Å². The molecule has 0 saturated carbocycles. The van der Waals surface area contributed by atoms with Gasteiger partial charge in [0.15, 0.2) is 0 Å². The van der Waals surface area contributed by atoms with Crippen LogP contribution in [0, 0.1) is 5.92 Å². The van der Waals surface area contributed by atoms with Crippen LogP contribution in [0.4, 0.5) is 5.69 Å². The van der Waals surface area contributed by atoms with Crippen LogP contribution in [0.3, 0.4) is 0 Å². The minimum absolute atomic E-state index is 0.0287. The maximum atomic E-state index is 12.1. The molecule has 1 N–H and O–H groups in total. The lowest BCUT2D eigenvalue weighted by Gasteiger charge is -2.15. The maximum absolute atomic E-state index is 12.1. The fraction of sp³-hybridized carbons (Fsp3) is 0.462. The van der Waals surface area contributed by atoms with Crippen LogP contribution < -0.4 is 9.03 Å². The minimum Gasteiger partial charge on any atom is -0.273 e. The Labute approximate surface area is 130 Å². The van der Waals surface area contributed by atoms with Crippen LogP contribution >= 0.6 is 0 Å².